The number of nitrogens with zero attached hydrogens (tertiary/aromatic N) is 1. The van der Waals surface area contributed by atoms with E-state index in [1.165, 1.54) is 18.6 Å². The summed E-state index contributed by atoms with van der Waals surface area (Å²) in [6, 6.07) is 1.36. The zero-order valence-electron chi connectivity index (χ0n) is 5.59. The van der Waals surface area contributed by atoms with Gasteiger partial charge in [0.05, 0.1) is 6.33 Å². The normalized spacial score (nSPS) is 7.33. The Bertz CT molecular complexity index is 177. The number of aromatic amines is 1. The summed E-state index contributed by atoms with van der Waals surface area (Å²) in [6.45, 7) is 4.00. The van der Waals surface area contributed by atoms with E-state index in [9.17, 15) is 4.79 Å². The predicted octanol–water partition coefficient (Wildman–Crippen LogP) is 0.796. The molecular weight excluding hydrogens is 116 g/mol. The van der Waals surface area contributed by atoms with E-state index in [-0.39, 0.29) is 5.56 Å². The van der Waals surface area contributed by atoms with Crippen LogP contribution in [0.1, 0.15) is 13.8 Å². The van der Waals surface area contributed by atoms with Crippen molar-refractivity contribution in [1.29, 1.82) is 0 Å². The minimum absolute atomic E-state index is 0.116. The molecule has 0 aliphatic rings. The lowest BCUT2D eigenvalue weighted by Gasteiger charge is -1.73. The molecule has 0 unspecified atom stereocenters. The lowest BCUT2D eigenvalue weighted by molar-refractivity contribution is 1.12. The molecule has 0 aliphatic heterocycles. The molecule has 0 aromatic carbocycles. The third-order valence-electron chi connectivity index (χ3n) is 0.593. The monoisotopic (exact) mass is 126 g/mol. The maximum Gasteiger partial charge on any atom is 0.250 e. The molecule has 0 radical (unpaired) electrons. The van der Waals surface area contributed by atoms with Gasteiger partial charge in [-0.15, -0.1) is 0 Å². The van der Waals surface area contributed by atoms with Crippen LogP contribution in [-0.4, -0.2) is 9.97 Å². The van der Waals surface area contributed by atoms with Crippen LogP contribution in [0.2, 0.25) is 0 Å². The molecule has 1 heterocycles. The SMILES string of the molecule is CC.O=c1ccnc[nH]1. The number of aromatic nitrogens is 2. The lowest BCUT2D eigenvalue weighted by atomic mass is 10.7. The molecule has 0 saturated carbocycles. The van der Waals surface area contributed by atoms with E-state index in [1.807, 2.05) is 13.8 Å². The fraction of sp³-hybridized carbons (Fsp3) is 0.333. The highest BCUT2D eigenvalue weighted by Crippen LogP contribution is 1.57. The van der Waals surface area contributed by atoms with Crippen molar-refractivity contribution in [3.63, 3.8) is 0 Å². The van der Waals surface area contributed by atoms with Crippen LogP contribution in [0.3, 0.4) is 0 Å². The highest BCUT2D eigenvalue weighted by molar-refractivity contribution is 4.76. The molecule has 3 heteroatoms. The van der Waals surface area contributed by atoms with Crippen LogP contribution in [0.15, 0.2) is 23.4 Å². The summed E-state index contributed by atoms with van der Waals surface area (Å²) in [6.07, 6.45) is 2.79. The first-order valence-electron chi connectivity index (χ1n) is 2.88. The van der Waals surface area contributed by atoms with Crippen LogP contribution in [0.25, 0.3) is 0 Å². The van der Waals surface area contributed by atoms with Crippen LogP contribution in [-0.2, 0) is 0 Å². The molecule has 0 spiro atoms. The highest BCUT2D eigenvalue weighted by Gasteiger charge is 1.70. The Morgan fingerprint density at radius 3 is 2.44 bits per heavy atom. The van der Waals surface area contributed by atoms with Crippen LogP contribution in [0.5, 0.6) is 0 Å². The van der Waals surface area contributed by atoms with Crippen molar-refractivity contribution >= 4 is 0 Å². The fourth-order valence-electron chi connectivity index (χ4n) is 0.303. The van der Waals surface area contributed by atoms with Gasteiger partial charge in [-0.05, 0) is 0 Å². The quantitative estimate of drug-likeness (QED) is 0.558. The van der Waals surface area contributed by atoms with E-state index >= 15 is 0 Å². The summed E-state index contributed by atoms with van der Waals surface area (Å²) in [5, 5.41) is 0. The summed E-state index contributed by atoms with van der Waals surface area (Å²) in [7, 11) is 0. The van der Waals surface area contributed by atoms with E-state index in [2.05, 4.69) is 9.97 Å². The Balaban J connectivity index is 0.000000291. The van der Waals surface area contributed by atoms with Crippen LogP contribution in [0.4, 0.5) is 0 Å². The van der Waals surface area contributed by atoms with Gasteiger partial charge in [-0.3, -0.25) is 4.79 Å². The number of H-pyrrole nitrogens is 1. The van der Waals surface area contributed by atoms with Gasteiger partial charge in [0.15, 0.2) is 0 Å². The summed E-state index contributed by atoms with van der Waals surface area (Å²) in [5.74, 6) is 0. The molecule has 3 nitrogen and oxygen atoms in total. The van der Waals surface area contributed by atoms with Gasteiger partial charge in [0.25, 0.3) is 5.56 Å². The van der Waals surface area contributed by atoms with Crippen molar-refractivity contribution in [2.45, 2.75) is 13.8 Å². The third kappa shape index (κ3) is 3.46. The van der Waals surface area contributed by atoms with Gasteiger partial charge in [0, 0.05) is 12.3 Å². The van der Waals surface area contributed by atoms with E-state index in [0.29, 0.717) is 0 Å². The second-order valence-corrected chi connectivity index (χ2v) is 1.10. The first kappa shape index (κ1) is 7.88. The summed E-state index contributed by atoms with van der Waals surface area (Å²) in [4.78, 5) is 16.1. The largest absolute Gasteiger partial charge is 0.313 e. The maximum atomic E-state index is 10.2. The minimum Gasteiger partial charge on any atom is -0.313 e. The van der Waals surface area contributed by atoms with E-state index in [4.69, 9.17) is 0 Å². The molecule has 0 aliphatic carbocycles. The minimum atomic E-state index is -0.116. The Kier molecular flexibility index (Phi) is 4.40. The van der Waals surface area contributed by atoms with E-state index < -0.39 is 0 Å². The van der Waals surface area contributed by atoms with E-state index in [0.717, 1.165) is 0 Å². The first-order valence-corrected chi connectivity index (χ1v) is 2.88. The zero-order valence-corrected chi connectivity index (χ0v) is 5.59. The molecule has 0 fully saturated rings. The molecule has 0 saturated heterocycles. The number of hydrogen-bond donors (Lipinski definition) is 1. The smallest absolute Gasteiger partial charge is 0.250 e. The fourth-order valence-corrected chi connectivity index (χ4v) is 0.303. The van der Waals surface area contributed by atoms with Crippen LogP contribution >= 0.6 is 0 Å². The highest BCUT2D eigenvalue weighted by atomic mass is 16.1. The maximum absolute atomic E-state index is 10.2. The van der Waals surface area contributed by atoms with Gasteiger partial charge in [0.2, 0.25) is 0 Å². The molecule has 1 aromatic rings. The number of rotatable bonds is 0. The van der Waals surface area contributed by atoms with E-state index in [1.54, 1.807) is 0 Å². The predicted molar refractivity (Wildman–Crippen MR) is 36.2 cm³/mol. The van der Waals surface area contributed by atoms with Gasteiger partial charge in [0.1, 0.15) is 0 Å². The molecule has 1 aromatic heterocycles. The Morgan fingerprint density at radius 1 is 1.56 bits per heavy atom. The third-order valence-corrected chi connectivity index (χ3v) is 0.593. The molecule has 0 bridgehead atoms. The molecule has 1 rings (SSSR count). The van der Waals surface area contributed by atoms with Crippen molar-refractivity contribution < 1.29 is 0 Å². The van der Waals surface area contributed by atoms with Gasteiger partial charge >= 0.3 is 0 Å². The molecule has 0 amide bonds. The zero-order chi connectivity index (χ0) is 7.11. The average molecular weight is 126 g/mol. The Hall–Kier alpha value is -1.12. The van der Waals surface area contributed by atoms with Crippen molar-refractivity contribution in [1.82, 2.24) is 9.97 Å². The molecule has 9 heavy (non-hydrogen) atoms. The van der Waals surface area contributed by atoms with Crippen molar-refractivity contribution in [3.05, 3.63) is 28.9 Å². The van der Waals surface area contributed by atoms with Crippen molar-refractivity contribution in [2.75, 3.05) is 0 Å². The summed E-state index contributed by atoms with van der Waals surface area (Å²) in [5.41, 5.74) is -0.116. The summed E-state index contributed by atoms with van der Waals surface area (Å²) < 4.78 is 0. The molecular formula is C6H10N2O. The number of nitrogens with one attached hydrogen (secondary N) is 1. The number of hydrogen-bond acceptors (Lipinski definition) is 2. The first-order chi connectivity index (χ1) is 4.39. The molecule has 50 valence electrons. The van der Waals surface area contributed by atoms with Crippen molar-refractivity contribution in [2.24, 2.45) is 0 Å². The molecule has 0 atom stereocenters. The Morgan fingerprint density at radius 2 is 2.22 bits per heavy atom. The van der Waals surface area contributed by atoms with Crippen molar-refractivity contribution in [3.8, 4) is 0 Å². The second kappa shape index (κ2) is 5.03. The van der Waals surface area contributed by atoms with Gasteiger partial charge in [-0.1, -0.05) is 13.8 Å². The molecule has 1 N–H and O–H groups in total. The van der Waals surface area contributed by atoms with Crippen LogP contribution in [0, 0.1) is 0 Å². The lowest BCUT2D eigenvalue weighted by Crippen LogP contribution is -2.00. The average Bonchev–Trinajstić information content (AvgIpc) is 1.94. The topological polar surface area (TPSA) is 45.8 Å². The standard InChI is InChI=1S/C4H4N2O.C2H6/c7-4-1-2-5-3-6-4;1-2/h1-3H,(H,5,6,7);1-2H3. The van der Waals surface area contributed by atoms with Gasteiger partial charge in [-0.25, -0.2) is 4.98 Å². The second-order valence-electron chi connectivity index (χ2n) is 1.10. The Labute approximate surface area is 53.8 Å². The van der Waals surface area contributed by atoms with Crippen LogP contribution < -0.4 is 5.56 Å². The van der Waals surface area contributed by atoms with Gasteiger partial charge < -0.3 is 4.98 Å². The van der Waals surface area contributed by atoms with Gasteiger partial charge in [-0.2, -0.15) is 0 Å². The summed E-state index contributed by atoms with van der Waals surface area (Å²) >= 11 is 0.